The summed E-state index contributed by atoms with van der Waals surface area (Å²) in [6.45, 7) is 5.59. The Morgan fingerprint density at radius 3 is 2.22 bits per heavy atom. The van der Waals surface area contributed by atoms with Crippen molar-refractivity contribution in [3.8, 4) is 0 Å². The zero-order chi connectivity index (χ0) is 19.0. The first-order valence-corrected chi connectivity index (χ1v) is 9.82. The summed E-state index contributed by atoms with van der Waals surface area (Å²) in [7, 11) is 0. The molecule has 2 saturated carbocycles. The number of carbonyl (C=O) groups is 3. The van der Waals surface area contributed by atoms with Crippen molar-refractivity contribution < 1.29 is 14.4 Å². The van der Waals surface area contributed by atoms with E-state index in [1.807, 2.05) is 32.0 Å². The van der Waals surface area contributed by atoms with Crippen molar-refractivity contribution in [2.75, 3.05) is 5.32 Å². The summed E-state index contributed by atoms with van der Waals surface area (Å²) in [5.41, 5.74) is 2.80. The quantitative estimate of drug-likeness (QED) is 0.662. The Balaban J connectivity index is 1.38. The van der Waals surface area contributed by atoms with Gasteiger partial charge in [-0.1, -0.05) is 29.8 Å². The van der Waals surface area contributed by atoms with Crippen LogP contribution >= 0.6 is 0 Å². The minimum atomic E-state index is -0.799. The lowest BCUT2D eigenvalue weighted by molar-refractivity contribution is -0.146. The van der Waals surface area contributed by atoms with E-state index in [9.17, 15) is 14.4 Å². The van der Waals surface area contributed by atoms with Crippen molar-refractivity contribution in [3.63, 3.8) is 0 Å². The van der Waals surface area contributed by atoms with Crippen LogP contribution in [0, 0.1) is 49.4 Å². The summed E-state index contributed by atoms with van der Waals surface area (Å²) in [5, 5.41) is 2.89. The van der Waals surface area contributed by atoms with Gasteiger partial charge in [-0.05, 0) is 62.5 Å². The number of imide groups is 1. The molecular weight excluding hydrogens is 340 g/mol. The Kier molecular flexibility index (Phi) is 3.43. The zero-order valence-electron chi connectivity index (χ0n) is 15.8. The van der Waals surface area contributed by atoms with Crippen LogP contribution in [0.4, 0.5) is 5.69 Å². The second-order valence-corrected chi connectivity index (χ2v) is 8.68. The summed E-state index contributed by atoms with van der Waals surface area (Å²) in [6, 6.07) is 4.99. The van der Waals surface area contributed by atoms with Crippen LogP contribution in [-0.2, 0) is 14.4 Å². The molecule has 2 bridgehead atoms. The molecule has 1 saturated heterocycles. The lowest BCUT2D eigenvalue weighted by Gasteiger charge is -2.37. The van der Waals surface area contributed by atoms with Crippen LogP contribution < -0.4 is 5.32 Å². The number of likely N-dealkylation sites (tertiary alicyclic amines) is 1. The third-order valence-corrected chi connectivity index (χ3v) is 7.10. The van der Waals surface area contributed by atoms with Gasteiger partial charge in [-0.25, -0.2) is 0 Å². The number of hydrogen-bond donors (Lipinski definition) is 1. The van der Waals surface area contributed by atoms with E-state index in [2.05, 4.69) is 17.5 Å². The molecular formula is C22H24N2O3. The van der Waals surface area contributed by atoms with Crippen molar-refractivity contribution >= 4 is 23.4 Å². The molecule has 0 radical (unpaired) electrons. The van der Waals surface area contributed by atoms with Crippen molar-refractivity contribution in [2.45, 2.75) is 33.2 Å². The van der Waals surface area contributed by atoms with Gasteiger partial charge in [0.15, 0.2) is 0 Å². The van der Waals surface area contributed by atoms with E-state index in [1.54, 1.807) is 6.92 Å². The van der Waals surface area contributed by atoms with E-state index in [0.29, 0.717) is 11.8 Å². The van der Waals surface area contributed by atoms with Crippen molar-refractivity contribution in [3.05, 3.63) is 41.5 Å². The molecule has 0 aromatic heterocycles. The van der Waals surface area contributed by atoms with E-state index >= 15 is 0 Å². The Bertz CT molecular complexity index is 869. The topological polar surface area (TPSA) is 66.5 Å². The predicted molar refractivity (Wildman–Crippen MR) is 101 cm³/mol. The predicted octanol–water partition coefficient (Wildman–Crippen LogP) is 2.68. The number of amides is 3. The number of nitrogens with zero attached hydrogens (tertiary/aromatic N) is 1. The summed E-state index contributed by atoms with van der Waals surface area (Å²) in [5.74, 6) is 0.362. The molecule has 3 fully saturated rings. The fourth-order valence-electron chi connectivity index (χ4n) is 5.67. The molecule has 5 nitrogen and oxygen atoms in total. The molecule has 1 aromatic rings. The minimum absolute atomic E-state index is 0.155. The van der Waals surface area contributed by atoms with E-state index in [0.717, 1.165) is 23.2 Å². The Morgan fingerprint density at radius 2 is 1.67 bits per heavy atom. The van der Waals surface area contributed by atoms with Gasteiger partial charge in [0.2, 0.25) is 17.7 Å². The molecule has 0 spiro atoms. The molecule has 1 N–H and O–H groups in total. The number of allylic oxidation sites excluding steroid dienone is 2. The van der Waals surface area contributed by atoms with Gasteiger partial charge in [0, 0.05) is 5.69 Å². The molecule has 6 rings (SSSR count). The van der Waals surface area contributed by atoms with Crippen LogP contribution in [0.3, 0.4) is 0 Å². The van der Waals surface area contributed by atoms with Gasteiger partial charge < -0.3 is 5.32 Å². The van der Waals surface area contributed by atoms with Crippen LogP contribution in [0.15, 0.2) is 30.4 Å². The molecule has 3 amide bonds. The van der Waals surface area contributed by atoms with E-state index in [-0.39, 0.29) is 41.4 Å². The van der Waals surface area contributed by atoms with Crippen LogP contribution in [0.5, 0.6) is 0 Å². The first kappa shape index (κ1) is 16.7. The average Bonchev–Trinajstić information content (AvgIpc) is 3.41. The SMILES string of the molecule is Cc1ccc(NC(=O)[C@H](C)N2C(=O)[C@@H]3[C@H]4C=C[C@@H]([C@@H]5C[C@H]45)[C@H]3C2=O)c(C)c1. The highest BCUT2D eigenvalue weighted by Gasteiger charge is 2.67. The Labute approximate surface area is 158 Å². The van der Waals surface area contributed by atoms with Crippen LogP contribution in [0.2, 0.25) is 0 Å². The van der Waals surface area contributed by atoms with Gasteiger partial charge in [0.05, 0.1) is 11.8 Å². The number of nitrogens with one attached hydrogen (secondary N) is 1. The number of hydrogen-bond acceptors (Lipinski definition) is 3. The number of carbonyl (C=O) groups excluding carboxylic acids is 3. The minimum Gasteiger partial charge on any atom is -0.324 e. The number of anilines is 1. The molecule has 1 aliphatic heterocycles. The normalized spacial score (nSPS) is 36.5. The number of benzene rings is 1. The third-order valence-electron chi connectivity index (χ3n) is 7.10. The van der Waals surface area contributed by atoms with E-state index < -0.39 is 6.04 Å². The van der Waals surface area contributed by atoms with Crippen LogP contribution in [0.1, 0.15) is 24.5 Å². The van der Waals surface area contributed by atoms with Gasteiger partial charge in [-0.2, -0.15) is 0 Å². The second kappa shape index (κ2) is 5.54. The highest BCUT2D eigenvalue weighted by Crippen LogP contribution is 2.65. The number of aryl methyl sites for hydroxylation is 2. The summed E-state index contributed by atoms with van der Waals surface area (Å²) in [4.78, 5) is 40.3. The second-order valence-electron chi connectivity index (χ2n) is 8.68. The molecule has 27 heavy (non-hydrogen) atoms. The van der Waals surface area contributed by atoms with Crippen LogP contribution in [-0.4, -0.2) is 28.7 Å². The maximum absolute atomic E-state index is 13.1. The standard InChI is InChI=1S/C22H24N2O3/c1-10-4-7-17(11(2)8-10)23-20(25)12(3)24-21(26)18-13-5-6-14(16-9-15(13)16)19(18)22(24)27/h4-8,12-16,18-19H,9H2,1-3H3,(H,23,25)/t12-,13-,14-,15-,16+,18+,19+/m0/s1. The van der Waals surface area contributed by atoms with Crippen molar-refractivity contribution in [1.82, 2.24) is 4.90 Å². The maximum atomic E-state index is 13.1. The lowest BCUT2D eigenvalue weighted by Crippen LogP contribution is -2.46. The fourth-order valence-corrected chi connectivity index (χ4v) is 5.67. The summed E-state index contributed by atoms with van der Waals surface area (Å²) < 4.78 is 0. The van der Waals surface area contributed by atoms with Crippen molar-refractivity contribution in [1.29, 1.82) is 0 Å². The van der Waals surface area contributed by atoms with Gasteiger partial charge >= 0.3 is 0 Å². The maximum Gasteiger partial charge on any atom is 0.247 e. The first-order chi connectivity index (χ1) is 12.9. The monoisotopic (exact) mass is 364 g/mol. The summed E-state index contributed by atoms with van der Waals surface area (Å²) >= 11 is 0. The molecule has 4 aliphatic carbocycles. The van der Waals surface area contributed by atoms with Gasteiger partial charge in [0.25, 0.3) is 0 Å². The smallest absolute Gasteiger partial charge is 0.247 e. The van der Waals surface area contributed by atoms with Gasteiger partial charge in [-0.15, -0.1) is 0 Å². The van der Waals surface area contributed by atoms with E-state index in [1.165, 1.54) is 4.90 Å². The molecule has 5 aliphatic rings. The molecule has 140 valence electrons. The molecule has 5 heteroatoms. The lowest BCUT2D eigenvalue weighted by atomic mass is 9.63. The van der Waals surface area contributed by atoms with Crippen molar-refractivity contribution in [2.24, 2.45) is 35.5 Å². The molecule has 1 heterocycles. The van der Waals surface area contributed by atoms with E-state index in [4.69, 9.17) is 0 Å². The molecule has 0 unspecified atom stereocenters. The van der Waals surface area contributed by atoms with Crippen LogP contribution in [0.25, 0.3) is 0 Å². The highest BCUT2D eigenvalue weighted by molar-refractivity contribution is 6.10. The Hall–Kier alpha value is -2.43. The fraction of sp³-hybridized carbons (Fsp3) is 0.500. The third kappa shape index (κ3) is 2.27. The van der Waals surface area contributed by atoms with Gasteiger partial charge in [0.1, 0.15) is 6.04 Å². The molecule has 1 aromatic carbocycles. The largest absolute Gasteiger partial charge is 0.324 e. The zero-order valence-corrected chi connectivity index (χ0v) is 15.8. The highest BCUT2D eigenvalue weighted by atomic mass is 16.2. The molecule has 7 atom stereocenters. The number of rotatable bonds is 3. The van der Waals surface area contributed by atoms with Gasteiger partial charge in [-0.3, -0.25) is 19.3 Å². The summed E-state index contributed by atoms with van der Waals surface area (Å²) in [6.07, 6.45) is 5.43. The Morgan fingerprint density at radius 1 is 1.07 bits per heavy atom. The first-order valence-electron chi connectivity index (χ1n) is 9.82. The average molecular weight is 364 g/mol.